The number of nitrogens with zero attached hydrogens (tertiary/aromatic N) is 1. The normalized spacial score (nSPS) is 11.7. The number of benzene rings is 2. The smallest absolute Gasteiger partial charge is 0.123 e. The molecule has 2 rings (SSSR count). The minimum Gasteiger partial charge on any atom is -0.496 e. The molecule has 0 heterocycles. The second kappa shape index (κ2) is 6.74. The van der Waals surface area contributed by atoms with Gasteiger partial charge in [-0.1, -0.05) is 48.0 Å². The number of hydrogen-bond donors (Lipinski definition) is 1. The highest BCUT2D eigenvalue weighted by Crippen LogP contribution is 2.19. The number of nitrogens with one attached hydrogen (secondary N) is 1. The summed E-state index contributed by atoms with van der Waals surface area (Å²) in [6.45, 7) is 2.63. The molecule has 20 heavy (non-hydrogen) atoms. The molecule has 2 aromatic carbocycles. The highest BCUT2D eigenvalue weighted by atomic mass is 16.5. The standard InChI is InChI=1S/C17H18N2O/c1-13-7-9-14(10-8-13)16(11-18)19-12-15-5-3-4-6-17(15)20-2/h3-10,16,19H,12H2,1-2H3. The molecule has 1 atom stereocenters. The molecule has 0 aliphatic rings. The molecule has 0 saturated carbocycles. The Bertz CT molecular complexity index is 599. The van der Waals surface area contributed by atoms with Gasteiger partial charge < -0.3 is 4.74 Å². The van der Waals surface area contributed by atoms with Crippen molar-refractivity contribution in [2.24, 2.45) is 0 Å². The Morgan fingerprint density at radius 3 is 2.50 bits per heavy atom. The molecule has 0 radical (unpaired) electrons. The van der Waals surface area contributed by atoms with E-state index >= 15 is 0 Å². The zero-order chi connectivity index (χ0) is 14.4. The second-order valence-electron chi connectivity index (χ2n) is 4.67. The van der Waals surface area contributed by atoms with Crippen molar-refractivity contribution >= 4 is 0 Å². The molecule has 0 bridgehead atoms. The van der Waals surface area contributed by atoms with Gasteiger partial charge in [-0.05, 0) is 18.6 Å². The lowest BCUT2D eigenvalue weighted by molar-refractivity contribution is 0.407. The van der Waals surface area contributed by atoms with Crippen LogP contribution in [-0.4, -0.2) is 7.11 Å². The van der Waals surface area contributed by atoms with Crippen molar-refractivity contribution in [1.82, 2.24) is 5.32 Å². The maximum Gasteiger partial charge on any atom is 0.123 e. The van der Waals surface area contributed by atoms with Crippen LogP contribution in [0.3, 0.4) is 0 Å². The summed E-state index contributed by atoms with van der Waals surface area (Å²) < 4.78 is 5.31. The van der Waals surface area contributed by atoms with Crippen molar-refractivity contribution in [3.63, 3.8) is 0 Å². The van der Waals surface area contributed by atoms with Crippen LogP contribution in [0.4, 0.5) is 0 Å². The molecule has 0 fully saturated rings. The molecule has 0 aliphatic carbocycles. The van der Waals surface area contributed by atoms with E-state index in [0.717, 1.165) is 16.9 Å². The maximum absolute atomic E-state index is 9.31. The zero-order valence-electron chi connectivity index (χ0n) is 11.8. The first-order valence-electron chi connectivity index (χ1n) is 6.56. The topological polar surface area (TPSA) is 45.0 Å². The largest absolute Gasteiger partial charge is 0.496 e. The van der Waals surface area contributed by atoms with Gasteiger partial charge in [0.1, 0.15) is 11.8 Å². The molecule has 0 saturated heterocycles. The fraction of sp³-hybridized carbons (Fsp3) is 0.235. The van der Waals surface area contributed by atoms with Crippen LogP contribution in [0, 0.1) is 18.3 Å². The van der Waals surface area contributed by atoms with Gasteiger partial charge >= 0.3 is 0 Å². The molecule has 102 valence electrons. The number of ether oxygens (including phenoxy) is 1. The van der Waals surface area contributed by atoms with Gasteiger partial charge in [-0.25, -0.2) is 0 Å². The van der Waals surface area contributed by atoms with Crippen LogP contribution in [-0.2, 0) is 6.54 Å². The number of para-hydroxylation sites is 1. The second-order valence-corrected chi connectivity index (χ2v) is 4.67. The Balaban J connectivity index is 2.08. The van der Waals surface area contributed by atoms with Crippen LogP contribution in [0.2, 0.25) is 0 Å². The number of rotatable bonds is 5. The number of aryl methyl sites for hydroxylation is 1. The molecule has 2 aromatic rings. The monoisotopic (exact) mass is 266 g/mol. The van der Waals surface area contributed by atoms with Gasteiger partial charge in [-0.2, -0.15) is 5.26 Å². The molecule has 1 N–H and O–H groups in total. The van der Waals surface area contributed by atoms with Gasteiger partial charge in [0.15, 0.2) is 0 Å². The van der Waals surface area contributed by atoms with Crippen LogP contribution < -0.4 is 10.1 Å². The molecular formula is C17H18N2O. The fourth-order valence-corrected chi connectivity index (χ4v) is 2.06. The summed E-state index contributed by atoms with van der Waals surface area (Å²) in [5.74, 6) is 0.834. The van der Waals surface area contributed by atoms with E-state index in [1.54, 1.807) is 7.11 Å². The minimum atomic E-state index is -0.319. The number of hydrogen-bond acceptors (Lipinski definition) is 3. The summed E-state index contributed by atoms with van der Waals surface area (Å²) >= 11 is 0. The van der Waals surface area contributed by atoms with Crippen molar-refractivity contribution in [1.29, 1.82) is 5.26 Å². The van der Waals surface area contributed by atoms with E-state index in [0.29, 0.717) is 6.54 Å². The summed E-state index contributed by atoms with van der Waals surface area (Å²) in [6.07, 6.45) is 0. The third-order valence-corrected chi connectivity index (χ3v) is 3.23. The predicted molar refractivity (Wildman–Crippen MR) is 79.4 cm³/mol. The Kier molecular flexibility index (Phi) is 4.75. The van der Waals surface area contributed by atoms with Crippen LogP contribution in [0.5, 0.6) is 5.75 Å². The van der Waals surface area contributed by atoms with E-state index in [2.05, 4.69) is 11.4 Å². The molecule has 3 nitrogen and oxygen atoms in total. The number of nitriles is 1. The maximum atomic E-state index is 9.31. The summed E-state index contributed by atoms with van der Waals surface area (Å²) in [4.78, 5) is 0. The third-order valence-electron chi connectivity index (χ3n) is 3.23. The van der Waals surface area contributed by atoms with Gasteiger partial charge in [-0.15, -0.1) is 0 Å². The average molecular weight is 266 g/mol. The quantitative estimate of drug-likeness (QED) is 0.902. The molecule has 3 heteroatoms. The van der Waals surface area contributed by atoms with E-state index < -0.39 is 0 Å². The number of methoxy groups -OCH3 is 1. The molecule has 1 unspecified atom stereocenters. The first-order valence-corrected chi connectivity index (χ1v) is 6.56. The summed E-state index contributed by atoms with van der Waals surface area (Å²) in [7, 11) is 1.65. The Labute approximate surface area is 119 Å². The van der Waals surface area contributed by atoms with Crippen molar-refractivity contribution in [2.75, 3.05) is 7.11 Å². The summed E-state index contributed by atoms with van der Waals surface area (Å²) in [5, 5.41) is 12.6. The predicted octanol–water partition coefficient (Wildman–Crippen LogP) is 3.36. The summed E-state index contributed by atoms with van der Waals surface area (Å²) in [6, 6.07) is 17.8. The van der Waals surface area contributed by atoms with E-state index in [4.69, 9.17) is 4.74 Å². The van der Waals surface area contributed by atoms with Crippen molar-refractivity contribution in [3.05, 3.63) is 65.2 Å². The van der Waals surface area contributed by atoms with E-state index in [-0.39, 0.29) is 6.04 Å². The zero-order valence-corrected chi connectivity index (χ0v) is 11.8. The van der Waals surface area contributed by atoms with Gasteiger partial charge in [0, 0.05) is 12.1 Å². The first kappa shape index (κ1) is 14.1. The molecule has 0 amide bonds. The van der Waals surface area contributed by atoms with Crippen LogP contribution >= 0.6 is 0 Å². The van der Waals surface area contributed by atoms with Gasteiger partial charge in [-0.3, -0.25) is 5.32 Å². The minimum absolute atomic E-state index is 0.319. The van der Waals surface area contributed by atoms with Gasteiger partial charge in [0.2, 0.25) is 0 Å². The van der Waals surface area contributed by atoms with E-state index in [1.807, 2.05) is 55.5 Å². The van der Waals surface area contributed by atoms with E-state index in [9.17, 15) is 5.26 Å². The molecule has 0 spiro atoms. The Morgan fingerprint density at radius 2 is 1.85 bits per heavy atom. The third kappa shape index (κ3) is 3.37. The summed E-state index contributed by atoms with van der Waals surface area (Å²) in [5.41, 5.74) is 3.21. The Hall–Kier alpha value is -2.31. The van der Waals surface area contributed by atoms with Crippen LogP contribution in [0.25, 0.3) is 0 Å². The Morgan fingerprint density at radius 1 is 1.15 bits per heavy atom. The lowest BCUT2D eigenvalue weighted by Gasteiger charge is -2.14. The van der Waals surface area contributed by atoms with Gasteiger partial charge in [0.25, 0.3) is 0 Å². The van der Waals surface area contributed by atoms with Crippen LogP contribution in [0.1, 0.15) is 22.7 Å². The highest BCUT2D eigenvalue weighted by Gasteiger charge is 2.10. The average Bonchev–Trinajstić information content (AvgIpc) is 2.50. The highest BCUT2D eigenvalue weighted by molar-refractivity contribution is 5.34. The lowest BCUT2D eigenvalue weighted by atomic mass is 10.1. The van der Waals surface area contributed by atoms with E-state index in [1.165, 1.54) is 5.56 Å². The SMILES string of the molecule is COc1ccccc1CNC(C#N)c1ccc(C)cc1. The first-order chi connectivity index (χ1) is 9.74. The van der Waals surface area contributed by atoms with Gasteiger partial charge in [0.05, 0.1) is 13.2 Å². The van der Waals surface area contributed by atoms with Crippen molar-refractivity contribution in [2.45, 2.75) is 19.5 Å². The lowest BCUT2D eigenvalue weighted by Crippen LogP contribution is -2.19. The molecule has 0 aromatic heterocycles. The van der Waals surface area contributed by atoms with Crippen molar-refractivity contribution in [3.8, 4) is 11.8 Å². The van der Waals surface area contributed by atoms with Crippen LogP contribution in [0.15, 0.2) is 48.5 Å². The molecular weight excluding hydrogens is 248 g/mol. The van der Waals surface area contributed by atoms with Crippen molar-refractivity contribution < 1.29 is 4.74 Å². The molecule has 0 aliphatic heterocycles. The fourth-order valence-electron chi connectivity index (χ4n) is 2.06.